The Hall–Kier alpha value is -2.20. The van der Waals surface area contributed by atoms with Crippen LogP contribution in [0.1, 0.15) is 28.9 Å². The van der Waals surface area contributed by atoms with Gasteiger partial charge in [0.05, 0.1) is 6.04 Å². The highest BCUT2D eigenvalue weighted by Gasteiger charge is 2.10. The molecule has 0 bridgehead atoms. The summed E-state index contributed by atoms with van der Waals surface area (Å²) in [5, 5.41) is 6.10. The lowest BCUT2D eigenvalue weighted by atomic mass is 10.1. The fourth-order valence-corrected chi connectivity index (χ4v) is 2.09. The van der Waals surface area contributed by atoms with Gasteiger partial charge < -0.3 is 5.32 Å². The summed E-state index contributed by atoms with van der Waals surface area (Å²) in [6, 6.07) is 19.0. The standard InChI is InChI=1S/C16H16N2OS/c1-12(13-8-4-2-5-9-13)17-16(20)18-15(19)14-10-6-3-7-11-14/h2-12H,1H3,(H2,17,18,19,20)/t12-/m0/s1. The van der Waals surface area contributed by atoms with Crippen molar-refractivity contribution >= 4 is 23.2 Å². The second kappa shape index (κ2) is 6.82. The highest BCUT2D eigenvalue weighted by Crippen LogP contribution is 2.10. The number of benzene rings is 2. The van der Waals surface area contributed by atoms with Gasteiger partial charge >= 0.3 is 0 Å². The van der Waals surface area contributed by atoms with Gasteiger partial charge in [0.25, 0.3) is 5.91 Å². The maximum absolute atomic E-state index is 11.9. The van der Waals surface area contributed by atoms with Crippen LogP contribution in [0.4, 0.5) is 0 Å². The zero-order valence-corrected chi connectivity index (χ0v) is 12.0. The van der Waals surface area contributed by atoms with Crippen LogP contribution in [0.3, 0.4) is 0 Å². The maximum Gasteiger partial charge on any atom is 0.257 e. The Kier molecular flexibility index (Phi) is 4.85. The molecule has 0 aliphatic heterocycles. The molecule has 1 atom stereocenters. The summed E-state index contributed by atoms with van der Waals surface area (Å²) in [7, 11) is 0. The molecule has 1 amide bonds. The van der Waals surface area contributed by atoms with E-state index < -0.39 is 0 Å². The molecule has 0 saturated heterocycles. The van der Waals surface area contributed by atoms with Crippen LogP contribution in [-0.2, 0) is 0 Å². The summed E-state index contributed by atoms with van der Waals surface area (Å²) >= 11 is 5.16. The quantitative estimate of drug-likeness (QED) is 0.851. The molecule has 0 saturated carbocycles. The summed E-state index contributed by atoms with van der Waals surface area (Å²) < 4.78 is 0. The average Bonchev–Trinajstić information content (AvgIpc) is 2.49. The van der Waals surface area contributed by atoms with Crippen LogP contribution in [0.15, 0.2) is 60.7 Å². The van der Waals surface area contributed by atoms with Crippen molar-refractivity contribution < 1.29 is 4.79 Å². The fraction of sp³-hybridized carbons (Fsp3) is 0.125. The summed E-state index contributed by atoms with van der Waals surface area (Å²) in [6.07, 6.45) is 0. The Labute approximate surface area is 124 Å². The minimum atomic E-state index is -0.205. The number of nitrogens with one attached hydrogen (secondary N) is 2. The number of rotatable bonds is 3. The highest BCUT2D eigenvalue weighted by atomic mass is 32.1. The average molecular weight is 284 g/mol. The van der Waals surface area contributed by atoms with Crippen molar-refractivity contribution in [2.24, 2.45) is 0 Å². The Bertz CT molecular complexity index is 584. The predicted octanol–water partition coefficient (Wildman–Crippen LogP) is 3.05. The van der Waals surface area contributed by atoms with Crippen LogP contribution in [0, 0.1) is 0 Å². The molecule has 2 aromatic carbocycles. The van der Waals surface area contributed by atoms with E-state index in [0.717, 1.165) is 5.56 Å². The van der Waals surface area contributed by atoms with Crippen LogP contribution < -0.4 is 10.6 Å². The van der Waals surface area contributed by atoms with E-state index in [9.17, 15) is 4.79 Å². The molecule has 2 N–H and O–H groups in total. The number of hydrogen-bond acceptors (Lipinski definition) is 2. The van der Waals surface area contributed by atoms with Crippen molar-refractivity contribution in [1.29, 1.82) is 0 Å². The number of carbonyl (C=O) groups is 1. The van der Waals surface area contributed by atoms with Crippen molar-refractivity contribution in [2.45, 2.75) is 13.0 Å². The van der Waals surface area contributed by atoms with E-state index >= 15 is 0 Å². The molecular formula is C16H16N2OS. The molecule has 0 aliphatic carbocycles. The molecular weight excluding hydrogens is 268 g/mol. The molecule has 20 heavy (non-hydrogen) atoms. The Morgan fingerprint density at radius 1 is 1.00 bits per heavy atom. The van der Waals surface area contributed by atoms with E-state index in [4.69, 9.17) is 12.2 Å². The lowest BCUT2D eigenvalue weighted by molar-refractivity contribution is 0.0976. The lowest BCUT2D eigenvalue weighted by Gasteiger charge is -2.16. The molecule has 0 heterocycles. The molecule has 0 unspecified atom stereocenters. The fourth-order valence-electron chi connectivity index (χ4n) is 1.82. The minimum Gasteiger partial charge on any atom is -0.356 e. The maximum atomic E-state index is 11.9. The highest BCUT2D eigenvalue weighted by molar-refractivity contribution is 7.80. The van der Waals surface area contributed by atoms with Gasteiger partial charge in [-0.15, -0.1) is 0 Å². The van der Waals surface area contributed by atoms with Crippen LogP contribution in [0.5, 0.6) is 0 Å². The van der Waals surface area contributed by atoms with Crippen molar-refractivity contribution in [2.75, 3.05) is 0 Å². The molecule has 0 radical (unpaired) electrons. The smallest absolute Gasteiger partial charge is 0.257 e. The van der Waals surface area contributed by atoms with E-state index in [1.165, 1.54) is 0 Å². The van der Waals surface area contributed by atoms with E-state index in [-0.39, 0.29) is 11.9 Å². The van der Waals surface area contributed by atoms with E-state index in [2.05, 4.69) is 10.6 Å². The van der Waals surface area contributed by atoms with Crippen LogP contribution in [-0.4, -0.2) is 11.0 Å². The van der Waals surface area contributed by atoms with Gasteiger partial charge in [0, 0.05) is 5.56 Å². The molecule has 3 nitrogen and oxygen atoms in total. The van der Waals surface area contributed by atoms with Gasteiger partial charge in [-0.25, -0.2) is 0 Å². The lowest BCUT2D eigenvalue weighted by Crippen LogP contribution is -2.40. The molecule has 0 spiro atoms. The number of carbonyl (C=O) groups excluding carboxylic acids is 1. The number of amides is 1. The third-order valence-electron chi connectivity index (χ3n) is 2.91. The number of thiocarbonyl (C=S) groups is 1. The molecule has 0 aromatic heterocycles. The van der Waals surface area contributed by atoms with Crippen molar-refractivity contribution in [3.05, 3.63) is 71.8 Å². The molecule has 2 rings (SSSR count). The van der Waals surface area contributed by atoms with E-state index in [1.54, 1.807) is 12.1 Å². The third kappa shape index (κ3) is 3.90. The topological polar surface area (TPSA) is 41.1 Å². The zero-order valence-electron chi connectivity index (χ0n) is 11.2. The zero-order chi connectivity index (χ0) is 14.4. The van der Waals surface area contributed by atoms with Crippen molar-refractivity contribution in [1.82, 2.24) is 10.6 Å². The van der Waals surface area contributed by atoms with Crippen LogP contribution in [0.25, 0.3) is 0 Å². The van der Waals surface area contributed by atoms with Crippen molar-refractivity contribution in [3.63, 3.8) is 0 Å². The van der Waals surface area contributed by atoms with E-state index in [1.807, 2.05) is 55.5 Å². The Morgan fingerprint density at radius 3 is 2.15 bits per heavy atom. The summed E-state index contributed by atoms with van der Waals surface area (Å²) in [4.78, 5) is 11.9. The molecule has 102 valence electrons. The Balaban J connectivity index is 1.91. The second-order valence-corrected chi connectivity index (χ2v) is 4.83. The molecule has 4 heteroatoms. The normalized spacial score (nSPS) is 11.4. The second-order valence-electron chi connectivity index (χ2n) is 4.43. The first-order valence-electron chi connectivity index (χ1n) is 6.38. The largest absolute Gasteiger partial charge is 0.356 e. The van der Waals surface area contributed by atoms with Gasteiger partial charge in [0.15, 0.2) is 5.11 Å². The minimum absolute atomic E-state index is 0.0415. The predicted molar refractivity (Wildman–Crippen MR) is 84.5 cm³/mol. The van der Waals surface area contributed by atoms with Gasteiger partial charge in [-0.2, -0.15) is 0 Å². The molecule has 0 aliphatic rings. The summed E-state index contributed by atoms with van der Waals surface area (Å²) in [5.74, 6) is -0.205. The van der Waals surface area contributed by atoms with Gasteiger partial charge in [0.2, 0.25) is 0 Å². The molecule has 2 aromatic rings. The first kappa shape index (κ1) is 14.2. The van der Waals surface area contributed by atoms with Gasteiger partial charge in [-0.1, -0.05) is 48.5 Å². The molecule has 0 fully saturated rings. The van der Waals surface area contributed by atoms with Crippen LogP contribution in [0.2, 0.25) is 0 Å². The summed E-state index contributed by atoms with van der Waals surface area (Å²) in [6.45, 7) is 2.00. The summed E-state index contributed by atoms with van der Waals surface area (Å²) in [5.41, 5.74) is 1.70. The third-order valence-corrected chi connectivity index (χ3v) is 3.13. The van der Waals surface area contributed by atoms with Crippen LogP contribution >= 0.6 is 12.2 Å². The SMILES string of the molecule is C[C@H](NC(=S)NC(=O)c1ccccc1)c1ccccc1. The van der Waals surface area contributed by atoms with Gasteiger partial charge in [-0.3, -0.25) is 10.1 Å². The van der Waals surface area contributed by atoms with Crippen molar-refractivity contribution in [3.8, 4) is 0 Å². The van der Waals surface area contributed by atoms with E-state index in [0.29, 0.717) is 10.7 Å². The first-order valence-corrected chi connectivity index (χ1v) is 6.79. The first-order chi connectivity index (χ1) is 9.66. The van der Waals surface area contributed by atoms with Gasteiger partial charge in [0.1, 0.15) is 0 Å². The number of hydrogen-bond donors (Lipinski definition) is 2. The Morgan fingerprint density at radius 2 is 1.55 bits per heavy atom. The monoisotopic (exact) mass is 284 g/mol. The van der Waals surface area contributed by atoms with Gasteiger partial charge in [-0.05, 0) is 36.8 Å².